The zero-order valence-corrected chi connectivity index (χ0v) is 11.4. The van der Waals surface area contributed by atoms with Gasteiger partial charge in [-0.3, -0.25) is 4.79 Å². The number of nitriles is 1. The highest BCUT2D eigenvalue weighted by Crippen LogP contribution is 2.22. The van der Waals surface area contributed by atoms with Crippen LogP contribution in [0.2, 0.25) is 0 Å². The van der Waals surface area contributed by atoms with Gasteiger partial charge in [-0.25, -0.2) is 0 Å². The van der Waals surface area contributed by atoms with E-state index in [1.807, 2.05) is 56.3 Å². The summed E-state index contributed by atoms with van der Waals surface area (Å²) in [5, 5.41) is 8.92. The largest absolute Gasteiger partial charge is 0.365 e. The van der Waals surface area contributed by atoms with E-state index in [9.17, 15) is 4.79 Å². The number of rotatable bonds is 3. The van der Waals surface area contributed by atoms with E-state index in [-0.39, 0.29) is 5.57 Å². The Bertz CT molecular complexity index is 718. The van der Waals surface area contributed by atoms with Gasteiger partial charge in [0.25, 0.3) is 5.91 Å². The lowest BCUT2D eigenvalue weighted by molar-refractivity contribution is -0.114. The van der Waals surface area contributed by atoms with Gasteiger partial charge in [0.2, 0.25) is 0 Å². The molecule has 1 aromatic carbocycles. The quantitative estimate of drug-likeness (QED) is 0.684. The van der Waals surface area contributed by atoms with Crippen LogP contribution in [-0.4, -0.2) is 10.5 Å². The molecular weight excluding hydrogens is 250 g/mol. The third-order valence-electron chi connectivity index (χ3n) is 3.17. The lowest BCUT2D eigenvalue weighted by Gasteiger charge is -2.09. The van der Waals surface area contributed by atoms with Crippen LogP contribution in [0.3, 0.4) is 0 Å². The molecule has 0 atom stereocenters. The predicted molar refractivity (Wildman–Crippen MR) is 78.0 cm³/mol. The topological polar surface area (TPSA) is 71.8 Å². The van der Waals surface area contributed by atoms with Crippen LogP contribution in [0.5, 0.6) is 0 Å². The van der Waals surface area contributed by atoms with Crippen molar-refractivity contribution in [3.63, 3.8) is 0 Å². The third kappa shape index (κ3) is 2.47. The number of amides is 1. The Balaban J connectivity index is 2.56. The number of para-hydroxylation sites is 1. The van der Waals surface area contributed by atoms with Gasteiger partial charge in [-0.1, -0.05) is 18.2 Å². The number of aryl methyl sites for hydroxylation is 1. The van der Waals surface area contributed by atoms with Gasteiger partial charge in [-0.15, -0.1) is 0 Å². The van der Waals surface area contributed by atoms with Crippen molar-refractivity contribution in [3.8, 4) is 11.8 Å². The summed E-state index contributed by atoms with van der Waals surface area (Å²) in [7, 11) is 0. The highest BCUT2D eigenvalue weighted by Gasteiger charge is 2.11. The number of primary amides is 1. The van der Waals surface area contributed by atoms with E-state index in [1.54, 1.807) is 0 Å². The summed E-state index contributed by atoms with van der Waals surface area (Å²) >= 11 is 0. The van der Waals surface area contributed by atoms with Crippen LogP contribution in [0.4, 0.5) is 0 Å². The highest BCUT2D eigenvalue weighted by molar-refractivity contribution is 6.00. The first-order chi connectivity index (χ1) is 9.54. The zero-order valence-electron chi connectivity index (χ0n) is 11.4. The molecule has 0 bridgehead atoms. The Hall–Kier alpha value is -2.80. The van der Waals surface area contributed by atoms with Crippen molar-refractivity contribution in [1.29, 1.82) is 5.26 Å². The molecule has 0 saturated heterocycles. The standard InChI is InChI=1S/C16H15N3O/c1-11-8-13(9-14(10-17)16(18)20)12(2)19(11)15-6-4-3-5-7-15/h3-9H,1-2H3,(H2,18,20). The average molecular weight is 265 g/mol. The monoisotopic (exact) mass is 265 g/mol. The fourth-order valence-corrected chi connectivity index (χ4v) is 2.22. The minimum atomic E-state index is -0.711. The number of hydrogen-bond acceptors (Lipinski definition) is 2. The van der Waals surface area contributed by atoms with Crippen LogP contribution in [0.15, 0.2) is 42.0 Å². The Kier molecular flexibility index (Phi) is 3.72. The Morgan fingerprint density at radius 2 is 1.95 bits per heavy atom. The normalized spacial score (nSPS) is 11.2. The van der Waals surface area contributed by atoms with Crippen LogP contribution in [0.25, 0.3) is 11.8 Å². The molecule has 4 heteroatoms. The first kappa shape index (κ1) is 13.6. The summed E-state index contributed by atoms with van der Waals surface area (Å²) < 4.78 is 2.07. The zero-order chi connectivity index (χ0) is 14.7. The minimum absolute atomic E-state index is 0.0432. The van der Waals surface area contributed by atoms with Crippen LogP contribution in [0.1, 0.15) is 17.0 Å². The van der Waals surface area contributed by atoms with E-state index in [0.717, 1.165) is 22.6 Å². The van der Waals surface area contributed by atoms with Gasteiger partial charge in [0.1, 0.15) is 11.6 Å². The molecule has 0 aliphatic carbocycles. The van der Waals surface area contributed by atoms with E-state index < -0.39 is 5.91 Å². The Morgan fingerprint density at radius 1 is 1.30 bits per heavy atom. The van der Waals surface area contributed by atoms with Gasteiger partial charge in [-0.05, 0) is 43.7 Å². The van der Waals surface area contributed by atoms with E-state index in [2.05, 4.69) is 4.57 Å². The summed E-state index contributed by atoms with van der Waals surface area (Å²) in [5.74, 6) is -0.711. The number of nitrogens with two attached hydrogens (primary N) is 1. The summed E-state index contributed by atoms with van der Waals surface area (Å²) in [5.41, 5.74) is 8.97. The van der Waals surface area contributed by atoms with Crippen molar-refractivity contribution in [2.24, 2.45) is 5.73 Å². The van der Waals surface area contributed by atoms with Crippen molar-refractivity contribution >= 4 is 12.0 Å². The Morgan fingerprint density at radius 3 is 2.50 bits per heavy atom. The molecule has 0 radical (unpaired) electrons. The summed E-state index contributed by atoms with van der Waals surface area (Å²) in [6.07, 6.45) is 1.53. The molecule has 100 valence electrons. The first-order valence-electron chi connectivity index (χ1n) is 6.20. The van der Waals surface area contributed by atoms with Gasteiger partial charge in [0.05, 0.1) is 0 Å². The molecule has 0 spiro atoms. The second kappa shape index (κ2) is 5.45. The van der Waals surface area contributed by atoms with Gasteiger partial charge < -0.3 is 10.3 Å². The third-order valence-corrected chi connectivity index (χ3v) is 3.17. The molecular formula is C16H15N3O. The fourth-order valence-electron chi connectivity index (χ4n) is 2.22. The number of hydrogen-bond donors (Lipinski definition) is 1. The van der Waals surface area contributed by atoms with Crippen molar-refractivity contribution in [2.75, 3.05) is 0 Å². The fraction of sp³-hybridized carbons (Fsp3) is 0.125. The molecule has 0 saturated carbocycles. The van der Waals surface area contributed by atoms with Crippen LogP contribution in [0, 0.1) is 25.2 Å². The molecule has 1 amide bonds. The maximum Gasteiger partial charge on any atom is 0.259 e. The van der Waals surface area contributed by atoms with Crippen molar-refractivity contribution in [2.45, 2.75) is 13.8 Å². The number of nitrogens with zero attached hydrogens (tertiary/aromatic N) is 2. The Labute approximate surface area is 117 Å². The van der Waals surface area contributed by atoms with E-state index in [4.69, 9.17) is 11.0 Å². The maximum atomic E-state index is 11.1. The van der Waals surface area contributed by atoms with E-state index in [1.165, 1.54) is 6.08 Å². The molecule has 2 rings (SSSR count). The second-order valence-electron chi connectivity index (χ2n) is 4.53. The molecule has 0 aliphatic heterocycles. The lowest BCUT2D eigenvalue weighted by atomic mass is 10.1. The van der Waals surface area contributed by atoms with Gasteiger partial charge >= 0.3 is 0 Å². The molecule has 2 aromatic rings. The van der Waals surface area contributed by atoms with E-state index in [0.29, 0.717) is 0 Å². The maximum absolute atomic E-state index is 11.1. The summed E-state index contributed by atoms with van der Waals surface area (Å²) in [6.45, 7) is 3.93. The number of carbonyl (C=O) groups is 1. The van der Waals surface area contributed by atoms with Crippen molar-refractivity contribution in [1.82, 2.24) is 4.57 Å². The minimum Gasteiger partial charge on any atom is -0.365 e. The second-order valence-corrected chi connectivity index (χ2v) is 4.53. The molecule has 0 unspecified atom stereocenters. The SMILES string of the molecule is Cc1cc(C=C(C#N)C(N)=O)c(C)n1-c1ccccc1. The molecule has 4 nitrogen and oxygen atoms in total. The summed E-state index contributed by atoms with van der Waals surface area (Å²) in [6, 6.07) is 13.7. The van der Waals surface area contributed by atoms with Gasteiger partial charge in [0, 0.05) is 17.1 Å². The molecule has 20 heavy (non-hydrogen) atoms. The van der Waals surface area contributed by atoms with Crippen LogP contribution >= 0.6 is 0 Å². The number of carbonyl (C=O) groups excluding carboxylic acids is 1. The average Bonchev–Trinajstić information content (AvgIpc) is 2.71. The van der Waals surface area contributed by atoms with Crippen LogP contribution < -0.4 is 5.73 Å². The molecule has 2 N–H and O–H groups in total. The number of benzene rings is 1. The first-order valence-corrected chi connectivity index (χ1v) is 6.20. The molecule has 1 aromatic heterocycles. The lowest BCUT2D eigenvalue weighted by Crippen LogP contribution is -2.12. The van der Waals surface area contributed by atoms with Gasteiger partial charge in [-0.2, -0.15) is 5.26 Å². The predicted octanol–water partition coefficient (Wildman–Crippen LogP) is 2.49. The number of aromatic nitrogens is 1. The summed E-state index contributed by atoms with van der Waals surface area (Å²) in [4.78, 5) is 11.1. The molecule has 1 heterocycles. The molecule has 0 fully saturated rings. The highest BCUT2D eigenvalue weighted by atomic mass is 16.1. The van der Waals surface area contributed by atoms with Gasteiger partial charge in [0.15, 0.2) is 0 Å². The van der Waals surface area contributed by atoms with Crippen molar-refractivity contribution < 1.29 is 4.79 Å². The molecule has 0 aliphatic rings. The van der Waals surface area contributed by atoms with Crippen molar-refractivity contribution in [3.05, 3.63) is 58.9 Å². The van der Waals surface area contributed by atoms with E-state index >= 15 is 0 Å². The van der Waals surface area contributed by atoms with Crippen LogP contribution in [-0.2, 0) is 4.79 Å². The smallest absolute Gasteiger partial charge is 0.259 e.